The highest BCUT2D eigenvalue weighted by Crippen LogP contribution is 2.26. The number of fused-ring (bicyclic) bond motifs is 3. The summed E-state index contributed by atoms with van der Waals surface area (Å²) in [7, 11) is 1.60. The van der Waals surface area contributed by atoms with E-state index in [0.29, 0.717) is 28.6 Å². The number of aromatic nitrogens is 4. The fourth-order valence-electron chi connectivity index (χ4n) is 3.66. The first-order valence-electron chi connectivity index (χ1n) is 11.0. The SMILES string of the molecule is CCCCCn1c(=O)c2ccccc2n2c(SC(C)C(=O)Nc3ccc(OC)cc3)nnc12. The highest BCUT2D eigenvalue weighted by atomic mass is 32.2. The zero-order chi connectivity index (χ0) is 23.4. The Hall–Kier alpha value is -3.33. The summed E-state index contributed by atoms with van der Waals surface area (Å²) in [6, 6.07) is 14.6. The Morgan fingerprint density at radius 3 is 2.61 bits per heavy atom. The molecule has 0 aliphatic heterocycles. The largest absolute Gasteiger partial charge is 0.497 e. The van der Waals surface area contributed by atoms with Gasteiger partial charge in [-0.3, -0.25) is 18.6 Å². The number of hydrogen-bond donors (Lipinski definition) is 1. The Balaban J connectivity index is 1.64. The summed E-state index contributed by atoms with van der Waals surface area (Å²) in [5.74, 6) is 1.07. The summed E-state index contributed by atoms with van der Waals surface area (Å²) in [4.78, 5) is 25.9. The van der Waals surface area contributed by atoms with Crippen molar-refractivity contribution in [3.8, 4) is 5.75 Å². The van der Waals surface area contributed by atoms with Gasteiger partial charge in [0.05, 0.1) is 23.3 Å². The van der Waals surface area contributed by atoms with Crippen molar-refractivity contribution in [2.75, 3.05) is 12.4 Å². The molecule has 172 valence electrons. The first kappa shape index (κ1) is 22.8. The molecule has 1 amide bonds. The van der Waals surface area contributed by atoms with Crippen molar-refractivity contribution in [1.29, 1.82) is 0 Å². The van der Waals surface area contributed by atoms with Crippen molar-refractivity contribution in [1.82, 2.24) is 19.2 Å². The first-order chi connectivity index (χ1) is 16.0. The van der Waals surface area contributed by atoms with Crippen LogP contribution in [0.15, 0.2) is 58.5 Å². The van der Waals surface area contributed by atoms with Gasteiger partial charge < -0.3 is 10.1 Å². The molecule has 9 heteroatoms. The quantitative estimate of drug-likeness (QED) is 0.292. The van der Waals surface area contributed by atoms with Crippen LogP contribution in [0.4, 0.5) is 5.69 Å². The average Bonchev–Trinajstić information content (AvgIpc) is 3.25. The molecular formula is C24H27N5O3S. The number of methoxy groups -OCH3 is 1. The van der Waals surface area contributed by atoms with E-state index in [1.807, 2.05) is 35.6 Å². The number of carbonyl (C=O) groups is 1. The summed E-state index contributed by atoms with van der Waals surface area (Å²) in [5.41, 5.74) is 1.36. The van der Waals surface area contributed by atoms with Crippen molar-refractivity contribution in [3.05, 3.63) is 58.9 Å². The fourth-order valence-corrected chi connectivity index (χ4v) is 4.52. The number of benzene rings is 2. The van der Waals surface area contributed by atoms with E-state index in [4.69, 9.17) is 4.74 Å². The number of unbranched alkanes of at least 4 members (excludes halogenated alkanes) is 2. The normalized spacial score (nSPS) is 12.2. The number of para-hydroxylation sites is 1. The molecule has 0 fully saturated rings. The first-order valence-corrected chi connectivity index (χ1v) is 11.9. The summed E-state index contributed by atoms with van der Waals surface area (Å²) < 4.78 is 8.73. The van der Waals surface area contributed by atoms with Crippen LogP contribution in [0.25, 0.3) is 16.7 Å². The second-order valence-corrected chi connectivity index (χ2v) is 9.08. The lowest BCUT2D eigenvalue weighted by molar-refractivity contribution is -0.115. The number of ether oxygens (including phenoxy) is 1. The van der Waals surface area contributed by atoms with E-state index in [2.05, 4.69) is 22.4 Å². The summed E-state index contributed by atoms with van der Waals surface area (Å²) in [6.45, 7) is 4.53. The number of aryl methyl sites for hydroxylation is 1. The Morgan fingerprint density at radius 1 is 1.12 bits per heavy atom. The van der Waals surface area contributed by atoms with Crippen LogP contribution in [0.2, 0.25) is 0 Å². The van der Waals surface area contributed by atoms with Gasteiger partial charge in [-0.25, -0.2) is 0 Å². The molecule has 0 saturated heterocycles. The van der Waals surface area contributed by atoms with Crippen LogP contribution in [-0.2, 0) is 11.3 Å². The zero-order valence-electron chi connectivity index (χ0n) is 18.9. The Bertz CT molecular complexity index is 1330. The molecule has 2 aromatic carbocycles. The van der Waals surface area contributed by atoms with Gasteiger partial charge in [0.2, 0.25) is 11.7 Å². The lowest BCUT2D eigenvalue weighted by atomic mass is 10.2. The number of nitrogens with one attached hydrogen (secondary N) is 1. The Labute approximate surface area is 196 Å². The maximum absolute atomic E-state index is 13.1. The molecule has 8 nitrogen and oxygen atoms in total. The molecule has 4 rings (SSSR count). The van der Waals surface area contributed by atoms with Gasteiger partial charge in [-0.15, -0.1) is 10.2 Å². The number of nitrogens with zero attached hydrogens (tertiary/aromatic N) is 4. The predicted octanol–water partition coefficient (Wildman–Crippen LogP) is 4.36. The molecular weight excluding hydrogens is 438 g/mol. The number of amides is 1. The lowest BCUT2D eigenvalue weighted by Gasteiger charge is -2.13. The maximum atomic E-state index is 13.1. The minimum Gasteiger partial charge on any atom is -0.497 e. The minimum atomic E-state index is -0.432. The van der Waals surface area contributed by atoms with Crippen LogP contribution in [0.3, 0.4) is 0 Å². The highest BCUT2D eigenvalue weighted by Gasteiger charge is 2.21. The molecule has 1 unspecified atom stereocenters. The number of thioether (sulfide) groups is 1. The Kier molecular flexibility index (Phi) is 6.98. The maximum Gasteiger partial charge on any atom is 0.262 e. The number of hydrogen-bond acceptors (Lipinski definition) is 6. The van der Waals surface area contributed by atoms with E-state index < -0.39 is 5.25 Å². The van der Waals surface area contributed by atoms with E-state index in [0.717, 1.165) is 30.5 Å². The molecule has 2 heterocycles. The molecule has 33 heavy (non-hydrogen) atoms. The fraction of sp³-hybridized carbons (Fsp3) is 0.333. The van der Waals surface area contributed by atoms with Gasteiger partial charge >= 0.3 is 0 Å². The van der Waals surface area contributed by atoms with E-state index in [9.17, 15) is 9.59 Å². The third-order valence-electron chi connectivity index (χ3n) is 5.47. The molecule has 0 aliphatic rings. The van der Waals surface area contributed by atoms with Gasteiger partial charge in [-0.2, -0.15) is 0 Å². The van der Waals surface area contributed by atoms with E-state index in [-0.39, 0.29) is 11.5 Å². The number of rotatable bonds is 9. The summed E-state index contributed by atoms with van der Waals surface area (Å²) in [6.07, 6.45) is 2.98. The molecule has 0 bridgehead atoms. The van der Waals surface area contributed by atoms with Crippen molar-refractivity contribution in [3.63, 3.8) is 0 Å². The van der Waals surface area contributed by atoms with E-state index >= 15 is 0 Å². The van der Waals surface area contributed by atoms with Crippen molar-refractivity contribution >= 4 is 40.0 Å². The second kappa shape index (κ2) is 10.1. The molecule has 0 radical (unpaired) electrons. The van der Waals surface area contributed by atoms with Crippen LogP contribution in [-0.4, -0.2) is 37.4 Å². The van der Waals surface area contributed by atoms with Crippen LogP contribution in [0, 0.1) is 0 Å². The predicted molar refractivity (Wildman–Crippen MR) is 131 cm³/mol. The van der Waals surface area contributed by atoms with E-state index in [1.165, 1.54) is 11.8 Å². The molecule has 4 aromatic rings. The van der Waals surface area contributed by atoms with Gasteiger partial charge in [0.25, 0.3) is 5.56 Å². The monoisotopic (exact) mass is 465 g/mol. The topological polar surface area (TPSA) is 90.5 Å². The molecule has 0 spiro atoms. The smallest absolute Gasteiger partial charge is 0.262 e. The molecule has 0 saturated carbocycles. The second-order valence-electron chi connectivity index (χ2n) is 7.78. The number of anilines is 1. The minimum absolute atomic E-state index is 0.0662. The van der Waals surface area contributed by atoms with Crippen molar-refractivity contribution < 1.29 is 9.53 Å². The summed E-state index contributed by atoms with van der Waals surface area (Å²) in [5, 5.41) is 12.3. The molecule has 2 aromatic heterocycles. The van der Waals surface area contributed by atoms with Gasteiger partial charge in [0, 0.05) is 12.2 Å². The highest BCUT2D eigenvalue weighted by molar-refractivity contribution is 8.00. The van der Waals surface area contributed by atoms with E-state index in [1.54, 1.807) is 35.9 Å². The van der Waals surface area contributed by atoms with Crippen molar-refractivity contribution in [2.45, 2.75) is 50.1 Å². The van der Waals surface area contributed by atoms with Crippen LogP contribution in [0.5, 0.6) is 5.75 Å². The van der Waals surface area contributed by atoms with Gasteiger partial charge in [0.15, 0.2) is 5.16 Å². The standard InChI is InChI=1S/C24H27N5O3S/c1-4-5-8-15-28-22(31)19-9-6-7-10-20(19)29-23(28)26-27-24(29)33-16(2)21(30)25-17-11-13-18(32-3)14-12-17/h6-7,9-14,16H,4-5,8,15H2,1-3H3,(H,25,30). The van der Waals surface area contributed by atoms with Crippen LogP contribution < -0.4 is 15.6 Å². The van der Waals surface area contributed by atoms with Crippen LogP contribution >= 0.6 is 11.8 Å². The molecule has 1 N–H and O–H groups in total. The van der Waals surface area contributed by atoms with Crippen molar-refractivity contribution in [2.24, 2.45) is 0 Å². The third kappa shape index (κ3) is 4.73. The lowest BCUT2D eigenvalue weighted by Crippen LogP contribution is -2.24. The number of carbonyl (C=O) groups excluding carboxylic acids is 1. The van der Waals surface area contributed by atoms with Gasteiger partial charge in [0.1, 0.15) is 5.75 Å². The van der Waals surface area contributed by atoms with Gasteiger partial charge in [-0.1, -0.05) is 43.7 Å². The van der Waals surface area contributed by atoms with Crippen LogP contribution in [0.1, 0.15) is 33.1 Å². The summed E-state index contributed by atoms with van der Waals surface area (Å²) >= 11 is 1.31. The Morgan fingerprint density at radius 2 is 1.88 bits per heavy atom. The third-order valence-corrected chi connectivity index (χ3v) is 6.52. The average molecular weight is 466 g/mol. The molecule has 0 aliphatic carbocycles. The van der Waals surface area contributed by atoms with Gasteiger partial charge in [-0.05, 0) is 49.7 Å². The zero-order valence-corrected chi connectivity index (χ0v) is 19.8. The molecule has 1 atom stereocenters.